The van der Waals surface area contributed by atoms with E-state index in [0.717, 1.165) is 81.6 Å². The molecule has 4 bridgehead atoms. The van der Waals surface area contributed by atoms with E-state index in [1.54, 1.807) is 12.1 Å². The van der Waals surface area contributed by atoms with E-state index in [1.165, 1.54) is 6.92 Å². The van der Waals surface area contributed by atoms with Crippen molar-refractivity contribution in [2.24, 2.45) is 11.7 Å². The molecule has 1 fully saturated rings. The number of likely N-dealkylation sites (N-methyl/N-ethyl adjacent to an activating group) is 2. The number of nitrogens with one attached hydrogen (secondary N) is 3. The van der Waals surface area contributed by atoms with Crippen LogP contribution < -0.4 is 35.9 Å². The number of aliphatic hydroxyl groups is 1. The highest BCUT2D eigenvalue weighted by Crippen LogP contribution is 2.62. The van der Waals surface area contributed by atoms with Gasteiger partial charge in [-0.25, -0.2) is 0 Å². The molecule has 1 spiro atoms. The lowest BCUT2D eigenvalue weighted by atomic mass is 9.65. The van der Waals surface area contributed by atoms with Gasteiger partial charge in [-0.05, 0) is 105 Å². The number of carbonyl (C=O) groups is 1. The van der Waals surface area contributed by atoms with Crippen molar-refractivity contribution in [3.63, 3.8) is 0 Å². The van der Waals surface area contributed by atoms with Gasteiger partial charge in [-0.3, -0.25) is 4.79 Å². The number of esters is 1. The number of aliphatic hydroxyl groups excluding tert-OH is 1. The predicted octanol–water partition coefficient (Wildman–Crippen LogP) is 4.30. The Morgan fingerprint density at radius 3 is 2.70 bits per heavy atom. The van der Waals surface area contributed by atoms with Crippen LogP contribution in [0.1, 0.15) is 72.4 Å². The molecule has 3 aromatic rings. The summed E-state index contributed by atoms with van der Waals surface area (Å²) in [5, 5.41) is 42.0. The van der Waals surface area contributed by atoms with Crippen molar-refractivity contribution in [3.05, 3.63) is 87.6 Å². The van der Waals surface area contributed by atoms with E-state index >= 15 is 0 Å². The molecule has 0 radical (unpaired) electrons. The molecule has 3 aliphatic heterocycles. The summed E-state index contributed by atoms with van der Waals surface area (Å²) in [6.45, 7) is 2.01. The van der Waals surface area contributed by atoms with Crippen molar-refractivity contribution in [1.82, 2.24) is 16.0 Å². The maximum Gasteiger partial charge on any atom is 0.302 e. The lowest BCUT2D eigenvalue weighted by Gasteiger charge is -2.39. The molecule has 3 aromatic carbocycles. The highest BCUT2D eigenvalue weighted by Gasteiger charge is 2.51. The first kappa shape index (κ1) is 37.7. The van der Waals surface area contributed by atoms with Crippen LogP contribution in [0.4, 0.5) is 0 Å². The number of aromatic hydroxyl groups is 2. The molecule has 1 unspecified atom stereocenters. The summed E-state index contributed by atoms with van der Waals surface area (Å²) in [4.78, 5) is 12.4. The Kier molecular flexibility index (Phi) is 10.4. The minimum Gasteiger partial charge on any atom is -0.508 e. The van der Waals surface area contributed by atoms with Crippen molar-refractivity contribution in [2.45, 2.75) is 75.2 Å². The average molecular weight is 763 g/mol. The SMILES string of the molecule is CNCC(CNC)Oc1cc2c(cc1O)CC#CC1=C(C=CC(N)N1)C[C@H]1CC[C@]3(Cc4cc(O)cc(OCO)c4-c4ccc5c(c43)O[C@H]2[C@H]5COC(C)=O)C1. The number of ether oxygens (including phenoxy) is 4. The zero-order valence-corrected chi connectivity index (χ0v) is 32.0. The molecule has 12 nitrogen and oxygen atoms in total. The third-order valence-electron chi connectivity index (χ3n) is 11.9. The van der Waals surface area contributed by atoms with Crippen LogP contribution in [0.3, 0.4) is 0 Å². The Hall–Kier alpha value is -5.19. The van der Waals surface area contributed by atoms with Crippen LogP contribution in [0.5, 0.6) is 28.7 Å². The predicted molar refractivity (Wildman–Crippen MR) is 210 cm³/mol. The van der Waals surface area contributed by atoms with Crippen LogP contribution in [0.2, 0.25) is 0 Å². The second-order valence-corrected chi connectivity index (χ2v) is 15.7. The average Bonchev–Trinajstić information content (AvgIpc) is 3.73. The van der Waals surface area contributed by atoms with Gasteiger partial charge in [-0.1, -0.05) is 24.1 Å². The molecule has 56 heavy (non-hydrogen) atoms. The van der Waals surface area contributed by atoms with Gasteiger partial charge in [0.25, 0.3) is 0 Å². The highest BCUT2D eigenvalue weighted by molar-refractivity contribution is 5.84. The summed E-state index contributed by atoms with van der Waals surface area (Å²) >= 11 is 0. The summed E-state index contributed by atoms with van der Waals surface area (Å²) in [5.74, 6) is 7.79. The summed E-state index contributed by atoms with van der Waals surface area (Å²) in [5.41, 5.74) is 14.1. The maximum atomic E-state index is 12.4. The third-order valence-corrected chi connectivity index (χ3v) is 11.9. The van der Waals surface area contributed by atoms with E-state index < -0.39 is 24.8 Å². The normalized spacial score (nSPS) is 24.0. The number of carbonyl (C=O) groups excluding carboxylic acids is 1. The van der Waals surface area contributed by atoms with Gasteiger partial charge < -0.3 is 56.0 Å². The van der Waals surface area contributed by atoms with Crippen LogP contribution >= 0.6 is 0 Å². The van der Waals surface area contributed by atoms with Crippen molar-refractivity contribution >= 4 is 5.97 Å². The highest BCUT2D eigenvalue weighted by atomic mass is 16.6. The fourth-order valence-electron chi connectivity index (χ4n) is 9.69. The number of nitrogens with two attached hydrogens (primary N) is 1. The monoisotopic (exact) mass is 762 g/mol. The minimum absolute atomic E-state index is 0.0155. The molecular weight excluding hydrogens is 713 g/mol. The van der Waals surface area contributed by atoms with E-state index in [4.69, 9.17) is 24.7 Å². The van der Waals surface area contributed by atoms with E-state index in [9.17, 15) is 20.1 Å². The second kappa shape index (κ2) is 15.4. The van der Waals surface area contributed by atoms with Crippen molar-refractivity contribution in [3.8, 4) is 51.7 Å². The standard InChI is InChI=1S/C44H50N4O8/c1-24(50)53-22-34-31-8-9-32-40-28(14-29(51)16-38(40)54-23-49)19-44-12-11-25(18-44)13-27-7-10-39(45)48-35(27)6-4-5-26-15-36(52)37(55-30(20-46-2)21-47-3)17-33(26)42(34)56-43(31)41(32)44/h7-10,14-17,25,30,34,39,42,46-49,51-52H,5,11-13,18-23,45H2,1-3H3/t25-,34+,39?,42-,44-/m1/s1. The summed E-state index contributed by atoms with van der Waals surface area (Å²) in [7, 11) is 3.70. The number of phenolic OH excluding ortho intramolecular Hbond substituents is 2. The van der Waals surface area contributed by atoms with Crippen LogP contribution in [-0.2, 0) is 27.8 Å². The lowest BCUT2D eigenvalue weighted by Crippen LogP contribution is -2.37. The zero-order chi connectivity index (χ0) is 39.1. The van der Waals surface area contributed by atoms with E-state index in [2.05, 4.69) is 39.9 Å². The quantitative estimate of drug-likeness (QED) is 0.0888. The van der Waals surface area contributed by atoms with Crippen LogP contribution in [0, 0.1) is 17.8 Å². The smallest absolute Gasteiger partial charge is 0.302 e. The molecule has 294 valence electrons. The second-order valence-electron chi connectivity index (χ2n) is 15.7. The fourth-order valence-corrected chi connectivity index (χ4v) is 9.69. The molecule has 1 saturated carbocycles. The third kappa shape index (κ3) is 6.94. The summed E-state index contributed by atoms with van der Waals surface area (Å²) in [6, 6.07) is 11.0. The molecule has 12 heteroatoms. The minimum atomic E-state index is -0.629. The number of hydrogen-bond donors (Lipinski definition) is 7. The summed E-state index contributed by atoms with van der Waals surface area (Å²) in [6.07, 6.45) is 7.19. The van der Waals surface area contributed by atoms with Gasteiger partial charge in [-0.15, -0.1) is 0 Å². The first-order valence-electron chi connectivity index (χ1n) is 19.4. The Bertz CT molecular complexity index is 2170. The van der Waals surface area contributed by atoms with Crippen LogP contribution in [-0.4, -0.2) is 74.1 Å². The molecular formula is C44H50N4O8. The van der Waals surface area contributed by atoms with E-state index in [0.29, 0.717) is 36.9 Å². The number of phenols is 2. The van der Waals surface area contributed by atoms with E-state index in [1.807, 2.05) is 38.4 Å². The van der Waals surface area contributed by atoms with Crippen molar-refractivity contribution in [2.75, 3.05) is 40.6 Å². The first-order chi connectivity index (χ1) is 27.1. The number of allylic oxidation sites excluding steroid dienone is 3. The van der Waals surface area contributed by atoms with Crippen LogP contribution in [0.15, 0.2) is 59.8 Å². The van der Waals surface area contributed by atoms with Gasteiger partial charge in [0, 0.05) is 60.2 Å². The number of benzene rings is 3. The molecule has 3 heterocycles. The zero-order valence-electron chi connectivity index (χ0n) is 32.0. The Labute approximate surface area is 327 Å². The maximum absolute atomic E-state index is 12.4. The summed E-state index contributed by atoms with van der Waals surface area (Å²) < 4.78 is 25.3. The van der Waals surface area contributed by atoms with Gasteiger partial charge in [0.2, 0.25) is 0 Å². The Balaban J connectivity index is 1.36. The molecule has 0 saturated heterocycles. The molecule has 8 N–H and O–H groups in total. The van der Waals surface area contributed by atoms with Gasteiger partial charge in [-0.2, -0.15) is 0 Å². The van der Waals surface area contributed by atoms with Crippen molar-refractivity contribution in [1.29, 1.82) is 0 Å². The van der Waals surface area contributed by atoms with E-state index in [-0.39, 0.29) is 42.2 Å². The Morgan fingerprint density at radius 1 is 1.11 bits per heavy atom. The largest absolute Gasteiger partial charge is 0.508 e. The van der Waals surface area contributed by atoms with Gasteiger partial charge in [0.05, 0.1) is 17.8 Å². The molecule has 0 aromatic heterocycles. The number of hydrogen-bond acceptors (Lipinski definition) is 12. The molecule has 2 aliphatic carbocycles. The van der Waals surface area contributed by atoms with Gasteiger partial charge in [0.15, 0.2) is 18.3 Å². The number of dihydropyridines is 1. The number of rotatable bonds is 10. The van der Waals surface area contributed by atoms with Gasteiger partial charge >= 0.3 is 5.97 Å². The fraction of sp³-hybridized carbons (Fsp3) is 0.432. The number of fused-ring (bicyclic) bond motifs is 6. The van der Waals surface area contributed by atoms with Gasteiger partial charge in [0.1, 0.15) is 36.1 Å². The molecule has 5 atom stereocenters. The van der Waals surface area contributed by atoms with Crippen molar-refractivity contribution < 1.29 is 39.1 Å². The lowest BCUT2D eigenvalue weighted by molar-refractivity contribution is -0.141. The molecule has 8 rings (SSSR count). The topological polar surface area (TPSA) is 177 Å². The first-order valence-corrected chi connectivity index (χ1v) is 19.4. The molecule has 5 aliphatic rings. The molecule has 0 amide bonds. The Morgan fingerprint density at radius 2 is 1.93 bits per heavy atom. The van der Waals surface area contributed by atoms with Crippen LogP contribution in [0.25, 0.3) is 11.1 Å².